The van der Waals surface area contributed by atoms with Crippen LogP contribution >= 0.6 is 0 Å². The van der Waals surface area contributed by atoms with Gasteiger partial charge in [0, 0.05) is 6.54 Å². The van der Waals surface area contributed by atoms with Crippen molar-refractivity contribution >= 4 is 11.5 Å². The number of aromatic nitrogens is 2. The van der Waals surface area contributed by atoms with Crippen molar-refractivity contribution in [2.45, 2.75) is 65.9 Å². The molecule has 1 aromatic heterocycles. The summed E-state index contributed by atoms with van der Waals surface area (Å²) in [6.45, 7) is 9.33. The maximum absolute atomic E-state index is 6.01. The van der Waals surface area contributed by atoms with E-state index in [1.807, 2.05) is 13.8 Å². The number of nitrogens with one attached hydrogen (secondary N) is 1. The van der Waals surface area contributed by atoms with E-state index in [1.165, 1.54) is 32.0 Å². The van der Waals surface area contributed by atoms with Crippen LogP contribution in [0.5, 0.6) is 5.88 Å². The smallest absolute Gasteiger partial charge is 0.242 e. The highest BCUT2D eigenvalue weighted by molar-refractivity contribution is 5.66. The van der Waals surface area contributed by atoms with Gasteiger partial charge < -0.3 is 15.8 Å². The molecule has 0 aliphatic heterocycles. The van der Waals surface area contributed by atoms with E-state index in [9.17, 15) is 0 Å². The van der Waals surface area contributed by atoms with E-state index in [-0.39, 0.29) is 6.10 Å². The highest BCUT2D eigenvalue weighted by Crippen LogP contribution is 2.25. The fourth-order valence-corrected chi connectivity index (χ4v) is 2.08. The number of anilines is 2. The van der Waals surface area contributed by atoms with Crippen molar-refractivity contribution in [1.82, 2.24) is 9.97 Å². The molecule has 0 aliphatic carbocycles. The molecule has 0 fully saturated rings. The molecule has 21 heavy (non-hydrogen) atoms. The molecule has 5 nitrogen and oxygen atoms in total. The summed E-state index contributed by atoms with van der Waals surface area (Å²) in [5.74, 6) is 1.94. The summed E-state index contributed by atoms with van der Waals surface area (Å²) in [4.78, 5) is 8.24. The van der Waals surface area contributed by atoms with Crippen LogP contribution in [0.3, 0.4) is 0 Å². The van der Waals surface area contributed by atoms with E-state index in [0.717, 1.165) is 18.9 Å². The molecule has 5 heteroatoms. The van der Waals surface area contributed by atoms with Gasteiger partial charge in [0.25, 0.3) is 0 Å². The first-order chi connectivity index (χ1) is 10.0. The molecule has 0 aliphatic rings. The highest BCUT2D eigenvalue weighted by atomic mass is 16.5. The Balaban J connectivity index is 2.29. The van der Waals surface area contributed by atoms with Crippen LogP contribution in [0.25, 0.3) is 0 Å². The molecular weight excluding hydrogens is 264 g/mol. The number of rotatable bonds is 10. The van der Waals surface area contributed by atoms with Crippen LogP contribution in [-0.2, 0) is 0 Å². The molecule has 0 spiro atoms. The largest absolute Gasteiger partial charge is 0.473 e. The Morgan fingerprint density at radius 1 is 1.10 bits per heavy atom. The zero-order chi connectivity index (χ0) is 15.7. The summed E-state index contributed by atoms with van der Waals surface area (Å²) in [6.07, 6.45) is 7.83. The fourth-order valence-electron chi connectivity index (χ4n) is 2.08. The fraction of sp³-hybridized carbons (Fsp3) is 0.750. The van der Waals surface area contributed by atoms with Gasteiger partial charge >= 0.3 is 0 Å². The summed E-state index contributed by atoms with van der Waals surface area (Å²) < 4.78 is 5.55. The lowest BCUT2D eigenvalue weighted by atomic mass is 10.0. The predicted molar refractivity (Wildman–Crippen MR) is 88.6 cm³/mol. The lowest BCUT2D eigenvalue weighted by molar-refractivity contribution is 0.234. The minimum Gasteiger partial charge on any atom is -0.473 e. The van der Waals surface area contributed by atoms with Gasteiger partial charge in [-0.25, -0.2) is 4.98 Å². The van der Waals surface area contributed by atoms with Gasteiger partial charge in [0.15, 0.2) is 5.82 Å². The van der Waals surface area contributed by atoms with E-state index < -0.39 is 0 Å². The molecule has 120 valence electrons. The number of nitrogens with two attached hydrogens (primary N) is 1. The topological polar surface area (TPSA) is 73.1 Å². The Kier molecular flexibility index (Phi) is 7.87. The highest BCUT2D eigenvalue weighted by Gasteiger charge is 2.10. The van der Waals surface area contributed by atoms with Crippen molar-refractivity contribution in [3.05, 3.63) is 6.33 Å². The van der Waals surface area contributed by atoms with Gasteiger partial charge in [0.05, 0.1) is 6.10 Å². The van der Waals surface area contributed by atoms with Gasteiger partial charge in [-0.05, 0) is 26.2 Å². The predicted octanol–water partition coefficient (Wildman–Crippen LogP) is 3.86. The summed E-state index contributed by atoms with van der Waals surface area (Å²) in [5, 5.41) is 3.27. The molecular formula is C16H30N4O. The Labute approximate surface area is 128 Å². The van der Waals surface area contributed by atoms with Crippen LogP contribution in [0.1, 0.15) is 59.8 Å². The average molecular weight is 294 g/mol. The van der Waals surface area contributed by atoms with Crippen LogP contribution < -0.4 is 15.8 Å². The molecule has 0 radical (unpaired) electrons. The van der Waals surface area contributed by atoms with Crippen molar-refractivity contribution in [2.24, 2.45) is 5.92 Å². The van der Waals surface area contributed by atoms with Crippen molar-refractivity contribution < 1.29 is 4.74 Å². The first kappa shape index (κ1) is 17.5. The third kappa shape index (κ3) is 7.16. The monoisotopic (exact) mass is 294 g/mol. The summed E-state index contributed by atoms with van der Waals surface area (Å²) in [5.41, 5.74) is 6.51. The van der Waals surface area contributed by atoms with Crippen molar-refractivity contribution in [2.75, 3.05) is 17.6 Å². The number of unbranched alkanes of at least 4 members (excludes halogenated alkanes) is 3. The first-order valence-corrected chi connectivity index (χ1v) is 8.01. The summed E-state index contributed by atoms with van der Waals surface area (Å²) in [7, 11) is 0. The van der Waals surface area contributed by atoms with Crippen molar-refractivity contribution in [1.29, 1.82) is 0 Å². The Morgan fingerprint density at radius 2 is 1.81 bits per heavy atom. The number of hydrogen-bond acceptors (Lipinski definition) is 5. The van der Waals surface area contributed by atoms with Crippen LogP contribution in [0.4, 0.5) is 11.5 Å². The average Bonchev–Trinajstić information content (AvgIpc) is 2.40. The lowest BCUT2D eigenvalue weighted by Gasteiger charge is -2.13. The van der Waals surface area contributed by atoms with Gasteiger partial charge in [-0.3, -0.25) is 0 Å². The molecule has 3 N–H and O–H groups in total. The van der Waals surface area contributed by atoms with E-state index in [4.69, 9.17) is 10.5 Å². The molecule has 0 aromatic carbocycles. The van der Waals surface area contributed by atoms with Crippen LogP contribution in [-0.4, -0.2) is 22.6 Å². The second-order valence-electron chi connectivity index (χ2n) is 6.13. The summed E-state index contributed by atoms with van der Waals surface area (Å²) in [6, 6.07) is 0. The van der Waals surface area contributed by atoms with Gasteiger partial charge in [-0.15, -0.1) is 0 Å². The van der Waals surface area contributed by atoms with Crippen LogP contribution in [0.2, 0.25) is 0 Å². The minimum atomic E-state index is 0.0519. The van der Waals surface area contributed by atoms with Gasteiger partial charge in [-0.1, -0.05) is 39.5 Å². The number of hydrogen-bond donors (Lipinski definition) is 2. The molecule has 1 aromatic rings. The zero-order valence-electron chi connectivity index (χ0n) is 13.9. The summed E-state index contributed by atoms with van der Waals surface area (Å²) >= 11 is 0. The second kappa shape index (κ2) is 9.42. The number of nitrogens with zero attached hydrogens (tertiary/aromatic N) is 2. The Bertz CT molecular complexity index is 407. The van der Waals surface area contributed by atoms with E-state index >= 15 is 0 Å². The van der Waals surface area contributed by atoms with Crippen LogP contribution in [0.15, 0.2) is 6.33 Å². The third-order valence-electron chi connectivity index (χ3n) is 3.20. The molecule has 1 rings (SSSR count). The molecule has 0 atom stereocenters. The lowest BCUT2D eigenvalue weighted by Crippen LogP contribution is -2.12. The van der Waals surface area contributed by atoms with Crippen LogP contribution in [0, 0.1) is 5.92 Å². The standard InChI is InChI=1S/C16H30N4O/c1-12(2)9-7-5-6-8-10-18-15-14(17)16(20-11-19-15)21-13(3)4/h11-13H,5-10,17H2,1-4H3,(H,18,19,20). The number of ether oxygens (including phenoxy) is 1. The van der Waals surface area contributed by atoms with Crippen molar-refractivity contribution in [3.8, 4) is 5.88 Å². The third-order valence-corrected chi connectivity index (χ3v) is 3.20. The van der Waals surface area contributed by atoms with E-state index in [2.05, 4.69) is 29.1 Å². The quantitative estimate of drug-likeness (QED) is 0.641. The maximum Gasteiger partial charge on any atom is 0.242 e. The van der Waals surface area contributed by atoms with Gasteiger partial charge in [0.1, 0.15) is 12.0 Å². The molecule has 0 saturated heterocycles. The first-order valence-electron chi connectivity index (χ1n) is 8.01. The second-order valence-corrected chi connectivity index (χ2v) is 6.13. The zero-order valence-corrected chi connectivity index (χ0v) is 13.9. The molecule has 1 heterocycles. The Morgan fingerprint density at radius 3 is 2.48 bits per heavy atom. The van der Waals surface area contributed by atoms with E-state index in [0.29, 0.717) is 17.4 Å². The molecule has 0 unspecified atom stereocenters. The maximum atomic E-state index is 6.01. The van der Waals surface area contributed by atoms with Gasteiger partial charge in [0.2, 0.25) is 5.88 Å². The molecule has 0 saturated carbocycles. The molecule has 0 amide bonds. The normalized spacial score (nSPS) is 11.1. The Hall–Kier alpha value is -1.52. The van der Waals surface area contributed by atoms with Gasteiger partial charge in [-0.2, -0.15) is 4.98 Å². The SMILES string of the molecule is CC(C)CCCCCCNc1ncnc(OC(C)C)c1N. The number of nitrogen functional groups attached to an aromatic ring is 1. The molecule has 0 bridgehead atoms. The van der Waals surface area contributed by atoms with Crippen molar-refractivity contribution in [3.63, 3.8) is 0 Å². The minimum absolute atomic E-state index is 0.0519. The van der Waals surface area contributed by atoms with E-state index in [1.54, 1.807) is 0 Å².